The zero-order chi connectivity index (χ0) is 14.7. The lowest BCUT2D eigenvalue weighted by Crippen LogP contribution is -2.53. The van der Waals surface area contributed by atoms with Gasteiger partial charge in [0.1, 0.15) is 5.82 Å². The molecule has 1 aliphatic carbocycles. The molecule has 2 fully saturated rings. The van der Waals surface area contributed by atoms with Crippen molar-refractivity contribution in [1.29, 1.82) is 0 Å². The van der Waals surface area contributed by atoms with Crippen molar-refractivity contribution < 1.29 is 4.79 Å². The number of amides is 2. The second kappa shape index (κ2) is 6.20. The van der Waals surface area contributed by atoms with Gasteiger partial charge in [-0.3, -0.25) is 0 Å². The van der Waals surface area contributed by atoms with Crippen LogP contribution >= 0.6 is 0 Å². The second-order valence-corrected chi connectivity index (χ2v) is 5.85. The van der Waals surface area contributed by atoms with Gasteiger partial charge in [0.05, 0.1) is 11.9 Å². The Bertz CT molecular complexity index is 475. The molecular formula is C15H23N5O. The van der Waals surface area contributed by atoms with Crippen LogP contribution in [0.1, 0.15) is 25.7 Å². The summed E-state index contributed by atoms with van der Waals surface area (Å²) in [5, 5.41) is 3.15. The maximum Gasteiger partial charge on any atom is 0.317 e. The quantitative estimate of drug-likeness (QED) is 0.864. The van der Waals surface area contributed by atoms with Gasteiger partial charge in [0.15, 0.2) is 0 Å². The van der Waals surface area contributed by atoms with Crippen LogP contribution in [0.15, 0.2) is 18.3 Å². The second-order valence-electron chi connectivity index (χ2n) is 5.85. The van der Waals surface area contributed by atoms with Gasteiger partial charge < -0.3 is 20.9 Å². The van der Waals surface area contributed by atoms with Gasteiger partial charge in [0.2, 0.25) is 0 Å². The first-order valence-electron chi connectivity index (χ1n) is 7.74. The van der Waals surface area contributed by atoms with Crippen molar-refractivity contribution in [2.45, 2.75) is 31.7 Å². The third kappa shape index (κ3) is 3.37. The molecule has 0 aromatic carbocycles. The Hall–Kier alpha value is -1.98. The minimum Gasteiger partial charge on any atom is -0.384 e. The summed E-state index contributed by atoms with van der Waals surface area (Å²) >= 11 is 0. The fraction of sp³-hybridized carbons (Fsp3) is 0.600. The largest absolute Gasteiger partial charge is 0.384 e. The van der Waals surface area contributed by atoms with E-state index in [-0.39, 0.29) is 6.03 Å². The molecule has 0 unspecified atom stereocenters. The number of nitrogen functional groups attached to an aromatic ring is 1. The van der Waals surface area contributed by atoms with Gasteiger partial charge in [-0.15, -0.1) is 0 Å². The van der Waals surface area contributed by atoms with E-state index in [1.807, 2.05) is 17.0 Å². The molecule has 1 aromatic rings. The average molecular weight is 289 g/mol. The van der Waals surface area contributed by atoms with E-state index in [2.05, 4.69) is 15.2 Å². The highest BCUT2D eigenvalue weighted by Crippen LogP contribution is 2.19. The summed E-state index contributed by atoms with van der Waals surface area (Å²) in [6, 6.07) is 4.28. The number of rotatable bonds is 2. The van der Waals surface area contributed by atoms with Crippen molar-refractivity contribution >= 4 is 17.5 Å². The number of piperazine rings is 1. The molecule has 2 aliphatic rings. The first-order chi connectivity index (χ1) is 10.2. The predicted molar refractivity (Wildman–Crippen MR) is 83.2 cm³/mol. The first kappa shape index (κ1) is 14.0. The molecule has 21 heavy (non-hydrogen) atoms. The fourth-order valence-electron chi connectivity index (χ4n) is 3.09. The standard InChI is InChI=1S/C15H23N5O/c16-14-6-5-13(11-17-14)19-7-9-20(10-8-19)15(21)18-12-3-1-2-4-12/h5-6,11-12H,1-4,7-10H2,(H2,16,17)(H,18,21). The minimum absolute atomic E-state index is 0.0944. The molecule has 3 N–H and O–H groups in total. The summed E-state index contributed by atoms with van der Waals surface area (Å²) in [4.78, 5) is 20.5. The third-order valence-corrected chi connectivity index (χ3v) is 4.39. The number of carbonyl (C=O) groups is 1. The van der Waals surface area contributed by atoms with Crippen molar-refractivity contribution in [1.82, 2.24) is 15.2 Å². The average Bonchev–Trinajstić information content (AvgIpc) is 3.01. The van der Waals surface area contributed by atoms with Gasteiger partial charge in [0.25, 0.3) is 0 Å². The van der Waals surface area contributed by atoms with Crippen LogP contribution in [0.2, 0.25) is 0 Å². The maximum absolute atomic E-state index is 12.2. The van der Waals surface area contributed by atoms with E-state index >= 15 is 0 Å². The number of nitrogens with one attached hydrogen (secondary N) is 1. The maximum atomic E-state index is 12.2. The molecular weight excluding hydrogens is 266 g/mol. The van der Waals surface area contributed by atoms with Crippen LogP contribution in [0.3, 0.4) is 0 Å². The number of pyridine rings is 1. The highest BCUT2D eigenvalue weighted by molar-refractivity contribution is 5.75. The van der Waals surface area contributed by atoms with Crippen LogP contribution < -0.4 is 16.0 Å². The molecule has 1 aromatic heterocycles. The molecule has 2 amide bonds. The molecule has 6 nitrogen and oxygen atoms in total. The normalized spacial score (nSPS) is 19.8. The van der Waals surface area contributed by atoms with Crippen molar-refractivity contribution in [2.24, 2.45) is 0 Å². The zero-order valence-electron chi connectivity index (χ0n) is 12.3. The summed E-state index contributed by atoms with van der Waals surface area (Å²) in [6.45, 7) is 3.18. The summed E-state index contributed by atoms with van der Waals surface area (Å²) in [5.74, 6) is 0.535. The molecule has 3 rings (SSSR count). The minimum atomic E-state index is 0.0944. The summed E-state index contributed by atoms with van der Waals surface area (Å²) in [5.41, 5.74) is 6.67. The van der Waals surface area contributed by atoms with Crippen LogP contribution in [0, 0.1) is 0 Å². The Morgan fingerprint density at radius 2 is 1.90 bits per heavy atom. The molecule has 0 bridgehead atoms. The lowest BCUT2D eigenvalue weighted by atomic mass is 10.2. The number of carbonyl (C=O) groups excluding carboxylic acids is 1. The topological polar surface area (TPSA) is 74.5 Å². The van der Waals surface area contributed by atoms with Crippen LogP contribution in [0.25, 0.3) is 0 Å². The number of anilines is 2. The van der Waals surface area contributed by atoms with Crippen molar-refractivity contribution in [3.05, 3.63) is 18.3 Å². The van der Waals surface area contributed by atoms with Crippen LogP contribution in [-0.4, -0.2) is 48.1 Å². The van der Waals surface area contributed by atoms with Crippen molar-refractivity contribution in [3.8, 4) is 0 Å². The molecule has 0 radical (unpaired) electrons. The van der Waals surface area contributed by atoms with Crippen LogP contribution in [-0.2, 0) is 0 Å². The van der Waals surface area contributed by atoms with Gasteiger partial charge in [-0.2, -0.15) is 0 Å². The number of nitrogens with two attached hydrogens (primary N) is 1. The molecule has 114 valence electrons. The number of hydrogen-bond acceptors (Lipinski definition) is 4. The smallest absolute Gasteiger partial charge is 0.317 e. The van der Waals surface area contributed by atoms with E-state index in [0.717, 1.165) is 44.7 Å². The Morgan fingerprint density at radius 3 is 2.52 bits per heavy atom. The van der Waals surface area contributed by atoms with Gasteiger partial charge in [0, 0.05) is 32.2 Å². The van der Waals surface area contributed by atoms with E-state index in [1.165, 1.54) is 12.8 Å². The Morgan fingerprint density at radius 1 is 1.19 bits per heavy atom. The highest BCUT2D eigenvalue weighted by atomic mass is 16.2. The van der Waals surface area contributed by atoms with E-state index in [1.54, 1.807) is 6.20 Å². The SMILES string of the molecule is Nc1ccc(N2CCN(C(=O)NC3CCCC3)CC2)cn1. The van der Waals surface area contributed by atoms with Crippen LogP contribution in [0.5, 0.6) is 0 Å². The van der Waals surface area contributed by atoms with Gasteiger partial charge in [-0.25, -0.2) is 9.78 Å². The number of aromatic nitrogens is 1. The molecule has 6 heteroatoms. The fourth-order valence-corrected chi connectivity index (χ4v) is 3.09. The van der Waals surface area contributed by atoms with Gasteiger partial charge in [-0.1, -0.05) is 12.8 Å². The lowest BCUT2D eigenvalue weighted by Gasteiger charge is -2.36. The third-order valence-electron chi connectivity index (χ3n) is 4.39. The van der Waals surface area contributed by atoms with E-state index in [4.69, 9.17) is 5.73 Å². The zero-order valence-corrected chi connectivity index (χ0v) is 12.3. The summed E-state index contributed by atoms with van der Waals surface area (Å²) in [7, 11) is 0. The molecule has 1 aliphatic heterocycles. The predicted octanol–water partition coefficient (Wildman–Crippen LogP) is 1.44. The summed E-state index contributed by atoms with van der Waals surface area (Å²) < 4.78 is 0. The molecule has 2 heterocycles. The number of hydrogen-bond donors (Lipinski definition) is 2. The highest BCUT2D eigenvalue weighted by Gasteiger charge is 2.24. The Kier molecular flexibility index (Phi) is 4.13. The number of urea groups is 1. The van der Waals surface area contributed by atoms with Gasteiger partial charge >= 0.3 is 6.03 Å². The monoisotopic (exact) mass is 289 g/mol. The van der Waals surface area contributed by atoms with E-state index in [0.29, 0.717) is 11.9 Å². The van der Waals surface area contributed by atoms with E-state index in [9.17, 15) is 4.79 Å². The number of nitrogens with zero attached hydrogens (tertiary/aromatic N) is 3. The van der Waals surface area contributed by atoms with Crippen LogP contribution in [0.4, 0.5) is 16.3 Å². The first-order valence-corrected chi connectivity index (χ1v) is 7.74. The Balaban J connectivity index is 1.50. The van der Waals surface area contributed by atoms with E-state index < -0.39 is 0 Å². The molecule has 0 atom stereocenters. The molecule has 1 saturated heterocycles. The lowest BCUT2D eigenvalue weighted by molar-refractivity contribution is 0.190. The molecule has 0 spiro atoms. The Labute approximate surface area is 125 Å². The van der Waals surface area contributed by atoms with Crippen molar-refractivity contribution in [3.63, 3.8) is 0 Å². The van der Waals surface area contributed by atoms with Crippen molar-refractivity contribution in [2.75, 3.05) is 36.8 Å². The molecule has 1 saturated carbocycles. The summed E-state index contributed by atoms with van der Waals surface area (Å²) in [6.07, 6.45) is 6.53. The van der Waals surface area contributed by atoms with Gasteiger partial charge in [-0.05, 0) is 25.0 Å².